The van der Waals surface area contributed by atoms with Crippen LogP contribution in [-0.2, 0) is 0 Å². The lowest BCUT2D eigenvalue weighted by atomic mass is 10.1. The number of benzene rings is 2. The molecule has 0 saturated carbocycles. The molecule has 0 saturated heterocycles. The number of nitrogens with one attached hydrogen (secondary N) is 1. The Kier molecular flexibility index (Phi) is 5.26. The third-order valence-corrected chi connectivity index (χ3v) is 3.76. The summed E-state index contributed by atoms with van der Waals surface area (Å²) in [5, 5.41) is 3.52. The maximum atomic E-state index is 6.12. The Balaban J connectivity index is 2.00. The normalized spacial score (nSPS) is 12.0. The van der Waals surface area contributed by atoms with Crippen LogP contribution >= 0.6 is 0 Å². The summed E-state index contributed by atoms with van der Waals surface area (Å²) in [6.45, 7) is 9.31. The molecule has 0 heterocycles. The van der Waals surface area contributed by atoms with Gasteiger partial charge in [-0.1, -0.05) is 37.3 Å². The molecule has 2 aromatic rings. The van der Waals surface area contributed by atoms with Crippen LogP contribution in [0.15, 0.2) is 42.5 Å². The molecule has 0 aliphatic rings. The summed E-state index contributed by atoms with van der Waals surface area (Å²) in [6.07, 6.45) is 1.15. The first-order valence-electron chi connectivity index (χ1n) is 7.63. The topological polar surface area (TPSA) is 21.3 Å². The summed E-state index contributed by atoms with van der Waals surface area (Å²) in [7, 11) is 0. The van der Waals surface area contributed by atoms with Crippen LogP contribution in [0, 0.1) is 20.8 Å². The maximum Gasteiger partial charge on any atom is 0.122 e. The van der Waals surface area contributed by atoms with Crippen molar-refractivity contribution >= 4 is 5.69 Å². The summed E-state index contributed by atoms with van der Waals surface area (Å²) in [5.41, 5.74) is 4.92. The van der Waals surface area contributed by atoms with Crippen LogP contribution in [0.3, 0.4) is 0 Å². The first-order chi connectivity index (χ1) is 10.1. The molecule has 0 aliphatic carbocycles. The van der Waals surface area contributed by atoms with Gasteiger partial charge in [0.2, 0.25) is 0 Å². The van der Waals surface area contributed by atoms with E-state index < -0.39 is 0 Å². The highest BCUT2D eigenvalue weighted by Crippen LogP contribution is 2.20. The molecule has 0 amide bonds. The van der Waals surface area contributed by atoms with E-state index in [1.807, 2.05) is 18.2 Å². The SMILES string of the molecule is CCC(CNc1cc(C)ccc1C)Oc1ccccc1C. The highest BCUT2D eigenvalue weighted by molar-refractivity contribution is 5.52. The number of anilines is 1. The fourth-order valence-electron chi connectivity index (χ4n) is 2.29. The Morgan fingerprint density at radius 3 is 2.48 bits per heavy atom. The molecule has 21 heavy (non-hydrogen) atoms. The van der Waals surface area contributed by atoms with Crippen LogP contribution in [0.4, 0.5) is 5.69 Å². The van der Waals surface area contributed by atoms with Gasteiger partial charge in [0, 0.05) is 5.69 Å². The molecule has 2 aromatic carbocycles. The summed E-state index contributed by atoms with van der Waals surface area (Å²) in [4.78, 5) is 0. The Morgan fingerprint density at radius 1 is 1.00 bits per heavy atom. The fraction of sp³-hybridized carbons (Fsp3) is 0.368. The predicted octanol–water partition coefficient (Wildman–Crippen LogP) is 4.88. The van der Waals surface area contributed by atoms with E-state index in [2.05, 4.69) is 57.3 Å². The number of ether oxygens (including phenoxy) is 1. The number of rotatable bonds is 6. The molecule has 2 heteroatoms. The van der Waals surface area contributed by atoms with Crippen LogP contribution in [0.2, 0.25) is 0 Å². The van der Waals surface area contributed by atoms with Gasteiger partial charge < -0.3 is 10.1 Å². The summed E-state index contributed by atoms with van der Waals surface area (Å²) in [5.74, 6) is 0.979. The standard InChI is InChI=1S/C19H25NO/c1-5-17(21-19-9-7-6-8-16(19)4)13-20-18-12-14(2)10-11-15(18)3/h6-12,17,20H,5,13H2,1-4H3. The van der Waals surface area contributed by atoms with Crippen molar-refractivity contribution in [1.29, 1.82) is 0 Å². The van der Waals surface area contributed by atoms with Crippen molar-refractivity contribution in [3.63, 3.8) is 0 Å². The third kappa shape index (κ3) is 4.25. The Bertz CT molecular complexity index is 592. The lowest BCUT2D eigenvalue weighted by Crippen LogP contribution is -2.26. The highest BCUT2D eigenvalue weighted by atomic mass is 16.5. The van der Waals surface area contributed by atoms with E-state index in [0.29, 0.717) is 0 Å². The van der Waals surface area contributed by atoms with E-state index in [4.69, 9.17) is 4.74 Å². The number of aryl methyl sites for hydroxylation is 3. The van der Waals surface area contributed by atoms with Crippen LogP contribution in [-0.4, -0.2) is 12.6 Å². The van der Waals surface area contributed by atoms with Gasteiger partial charge in [-0.2, -0.15) is 0 Å². The minimum Gasteiger partial charge on any atom is -0.488 e. The van der Waals surface area contributed by atoms with Gasteiger partial charge in [-0.15, -0.1) is 0 Å². The summed E-state index contributed by atoms with van der Waals surface area (Å²) in [6, 6.07) is 14.7. The zero-order valence-electron chi connectivity index (χ0n) is 13.4. The molecule has 0 aromatic heterocycles. The molecular weight excluding hydrogens is 258 g/mol. The van der Waals surface area contributed by atoms with Crippen molar-refractivity contribution in [3.8, 4) is 5.75 Å². The van der Waals surface area contributed by atoms with Crippen LogP contribution < -0.4 is 10.1 Å². The quantitative estimate of drug-likeness (QED) is 0.815. The van der Waals surface area contributed by atoms with Gasteiger partial charge >= 0.3 is 0 Å². The second kappa shape index (κ2) is 7.16. The van der Waals surface area contributed by atoms with Crippen LogP contribution in [0.5, 0.6) is 5.75 Å². The molecule has 1 N–H and O–H groups in total. The highest BCUT2D eigenvalue weighted by Gasteiger charge is 2.10. The van der Waals surface area contributed by atoms with Crippen LogP contribution in [0.25, 0.3) is 0 Å². The van der Waals surface area contributed by atoms with Gasteiger partial charge in [-0.25, -0.2) is 0 Å². The average molecular weight is 283 g/mol. The van der Waals surface area contributed by atoms with Gasteiger partial charge in [0.15, 0.2) is 0 Å². The lowest BCUT2D eigenvalue weighted by Gasteiger charge is -2.21. The maximum absolute atomic E-state index is 6.12. The minimum absolute atomic E-state index is 0.172. The molecule has 2 rings (SSSR count). The molecule has 2 nitrogen and oxygen atoms in total. The number of hydrogen-bond acceptors (Lipinski definition) is 2. The first kappa shape index (κ1) is 15.4. The summed E-state index contributed by atoms with van der Waals surface area (Å²) < 4.78 is 6.12. The Labute approximate surface area is 128 Å². The fourth-order valence-corrected chi connectivity index (χ4v) is 2.29. The lowest BCUT2D eigenvalue weighted by molar-refractivity contribution is 0.208. The summed E-state index contributed by atoms with van der Waals surface area (Å²) >= 11 is 0. The average Bonchev–Trinajstić information content (AvgIpc) is 2.48. The van der Waals surface area contributed by atoms with Gasteiger partial charge in [0.05, 0.1) is 6.54 Å². The molecule has 0 bridgehead atoms. The molecule has 0 fully saturated rings. The number of para-hydroxylation sites is 1. The van der Waals surface area contributed by atoms with E-state index in [0.717, 1.165) is 18.7 Å². The molecule has 1 unspecified atom stereocenters. The van der Waals surface area contributed by atoms with Crippen molar-refractivity contribution in [2.45, 2.75) is 40.2 Å². The minimum atomic E-state index is 0.172. The van der Waals surface area contributed by atoms with Crippen molar-refractivity contribution in [2.75, 3.05) is 11.9 Å². The predicted molar refractivity (Wildman–Crippen MR) is 90.3 cm³/mol. The van der Waals surface area contributed by atoms with Crippen molar-refractivity contribution in [3.05, 3.63) is 59.2 Å². The van der Waals surface area contributed by atoms with E-state index >= 15 is 0 Å². The van der Waals surface area contributed by atoms with Crippen molar-refractivity contribution in [2.24, 2.45) is 0 Å². The van der Waals surface area contributed by atoms with E-state index in [1.54, 1.807) is 0 Å². The third-order valence-electron chi connectivity index (χ3n) is 3.76. The zero-order valence-corrected chi connectivity index (χ0v) is 13.4. The Morgan fingerprint density at radius 2 is 1.76 bits per heavy atom. The Hall–Kier alpha value is -1.96. The second-order valence-corrected chi connectivity index (χ2v) is 5.61. The molecule has 0 spiro atoms. The molecular formula is C19H25NO. The van der Waals surface area contributed by atoms with Crippen molar-refractivity contribution < 1.29 is 4.74 Å². The molecule has 0 aliphatic heterocycles. The van der Waals surface area contributed by atoms with Gasteiger partial charge in [-0.3, -0.25) is 0 Å². The van der Waals surface area contributed by atoms with E-state index in [1.165, 1.54) is 22.4 Å². The van der Waals surface area contributed by atoms with Crippen molar-refractivity contribution in [1.82, 2.24) is 0 Å². The first-order valence-corrected chi connectivity index (χ1v) is 7.63. The van der Waals surface area contributed by atoms with Gasteiger partial charge in [0.25, 0.3) is 0 Å². The van der Waals surface area contributed by atoms with Gasteiger partial charge in [-0.05, 0) is 56.0 Å². The number of hydrogen-bond donors (Lipinski definition) is 1. The zero-order chi connectivity index (χ0) is 15.2. The van der Waals surface area contributed by atoms with E-state index in [-0.39, 0.29) is 6.10 Å². The van der Waals surface area contributed by atoms with Crippen LogP contribution in [0.1, 0.15) is 30.0 Å². The monoisotopic (exact) mass is 283 g/mol. The second-order valence-electron chi connectivity index (χ2n) is 5.61. The molecule has 1 atom stereocenters. The largest absolute Gasteiger partial charge is 0.488 e. The van der Waals surface area contributed by atoms with Gasteiger partial charge in [0.1, 0.15) is 11.9 Å². The molecule has 0 radical (unpaired) electrons. The smallest absolute Gasteiger partial charge is 0.122 e. The molecule has 112 valence electrons. The van der Waals surface area contributed by atoms with E-state index in [9.17, 15) is 0 Å².